The molecule has 0 aliphatic rings. The highest BCUT2D eigenvalue weighted by atomic mass is 32.1. The van der Waals surface area contributed by atoms with Crippen molar-refractivity contribution in [2.75, 3.05) is 11.9 Å². The summed E-state index contributed by atoms with van der Waals surface area (Å²) >= 11 is 2.00. The third-order valence-corrected chi connectivity index (χ3v) is 4.82. The van der Waals surface area contributed by atoms with Gasteiger partial charge in [0.25, 0.3) is 5.91 Å². The van der Waals surface area contributed by atoms with Gasteiger partial charge >= 0.3 is 5.97 Å². The lowest BCUT2D eigenvalue weighted by molar-refractivity contribution is 0.0531. The number of carbonyl (C=O) groups is 2. The van der Waals surface area contributed by atoms with Crippen LogP contribution in [-0.2, 0) is 4.74 Å². The second-order valence-corrected chi connectivity index (χ2v) is 6.01. The number of nitrogens with one attached hydrogen (secondary N) is 1. The molecule has 0 aromatic carbocycles. The Kier molecular flexibility index (Phi) is 4.85. The van der Waals surface area contributed by atoms with Crippen LogP contribution >= 0.6 is 22.9 Å². The van der Waals surface area contributed by atoms with Crippen molar-refractivity contribution in [3.05, 3.63) is 26.6 Å². The van der Waals surface area contributed by atoms with E-state index < -0.39 is 11.9 Å². The number of hydrogen-bond donors (Lipinski definition) is 1. The minimum Gasteiger partial charge on any atom is -0.462 e. The molecule has 1 amide bonds. The highest BCUT2D eigenvalue weighted by Gasteiger charge is 2.23. The summed E-state index contributed by atoms with van der Waals surface area (Å²) in [7, 11) is 0. The topological polar surface area (TPSA) is 105 Å². The van der Waals surface area contributed by atoms with Crippen LogP contribution in [0.2, 0.25) is 0 Å². The Morgan fingerprint density at radius 2 is 2.09 bits per heavy atom. The number of ether oxygens (including phenoxy) is 1. The van der Waals surface area contributed by atoms with E-state index in [4.69, 9.17) is 4.74 Å². The molecule has 114 valence electrons. The SMILES string of the molecule is CCOC(=O)c1sc(NC(=O)c2snnc2C)c(C#N)c1C. The van der Waals surface area contributed by atoms with Crippen LogP contribution in [0.15, 0.2) is 0 Å². The van der Waals surface area contributed by atoms with Gasteiger partial charge in [0.05, 0.1) is 17.9 Å². The standard InChI is InChI=1S/C13H12N4O3S2/c1-4-20-13(19)9-6(2)8(5-14)12(21-9)15-11(18)10-7(3)16-17-22-10/h4H2,1-3H3,(H,15,18). The molecule has 0 atom stereocenters. The van der Waals surface area contributed by atoms with Gasteiger partial charge in [0, 0.05) is 0 Å². The molecule has 0 unspecified atom stereocenters. The first-order valence-corrected chi connectivity index (χ1v) is 7.89. The van der Waals surface area contributed by atoms with E-state index in [-0.39, 0.29) is 12.2 Å². The van der Waals surface area contributed by atoms with Crippen LogP contribution in [0.1, 0.15) is 43.1 Å². The molecule has 0 aliphatic heterocycles. The minimum atomic E-state index is -0.502. The number of hydrogen-bond acceptors (Lipinski definition) is 8. The van der Waals surface area contributed by atoms with Gasteiger partial charge in [0.15, 0.2) is 0 Å². The molecular weight excluding hydrogens is 324 g/mol. The van der Waals surface area contributed by atoms with E-state index >= 15 is 0 Å². The summed E-state index contributed by atoms with van der Waals surface area (Å²) in [6.07, 6.45) is 0. The van der Waals surface area contributed by atoms with E-state index in [2.05, 4.69) is 14.9 Å². The van der Waals surface area contributed by atoms with Crippen molar-refractivity contribution < 1.29 is 14.3 Å². The predicted octanol–water partition coefficient (Wildman–Crippen LogP) is 2.52. The molecule has 22 heavy (non-hydrogen) atoms. The van der Waals surface area contributed by atoms with Gasteiger partial charge in [-0.15, -0.1) is 16.4 Å². The van der Waals surface area contributed by atoms with E-state index in [1.807, 2.05) is 6.07 Å². The molecule has 2 aromatic heterocycles. The van der Waals surface area contributed by atoms with Crippen molar-refractivity contribution in [1.29, 1.82) is 5.26 Å². The second kappa shape index (κ2) is 6.64. The maximum Gasteiger partial charge on any atom is 0.348 e. The maximum atomic E-state index is 12.2. The van der Waals surface area contributed by atoms with Gasteiger partial charge in [-0.2, -0.15) is 5.26 Å². The maximum absolute atomic E-state index is 12.2. The minimum absolute atomic E-state index is 0.242. The van der Waals surface area contributed by atoms with Crippen LogP contribution in [0.25, 0.3) is 0 Å². The van der Waals surface area contributed by atoms with Crippen LogP contribution in [0, 0.1) is 25.2 Å². The molecule has 2 rings (SSSR count). The van der Waals surface area contributed by atoms with Crippen molar-refractivity contribution >= 4 is 39.7 Å². The van der Waals surface area contributed by atoms with Crippen LogP contribution < -0.4 is 5.32 Å². The van der Waals surface area contributed by atoms with Crippen LogP contribution in [0.4, 0.5) is 5.00 Å². The monoisotopic (exact) mass is 336 g/mol. The number of anilines is 1. The number of carbonyl (C=O) groups excluding carboxylic acids is 2. The van der Waals surface area contributed by atoms with Crippen molar-refractivity contribution in [2.24, 2.45) is 0 Å². The molecule has 2 heterocycles. The van der Waals surface area contributed by atoms with Crippen LogP contribution in [0.3, 0.4) is 0 Å². The summed E-state index contributed by atoms with van der Waals surface area (Å²) in [5.74, 6) is -0.904. The molecule has 0 aliphatic carbocycles. The highest BCUT2D eigenvalue weighted by molar-refractivity contribution is 7.18. The Balaban J connectivity index is 2.34. The first-order valence-electron chi connectivity index (χ1n) is 6.30. The Labute approximate surface area is 134 Å². The molecule has 9 heteroatoms. The highest BCUT2D eigenvalue weighted by Crippen LogP contribution is 2.33. The van der Waals surface area contributed by atoms with Gasteiger partial charge in [-0.05, 0) is 37.9 Å². The average molecular weight is 336 g/mol. The Bertz CT molecular complexity index is 773. The predicted molar refractivity (Wildman–Crippen MR) is 82.3 cm³/mol. The van der Waals surface area contributed by atoms with Gasteiger partial charge in [-0.25, -0.2) is 4.79 Å². The number of nitrogens with zero attached hydrogens (tertiary/aromatic N) is 3. The first kappa shape index (κ1) is 16.1. The number of aromatic nitrogens is 2. The van der Waals surface area contributed by atoms with Gasteiger partial charge in [-0.3, -0.25) is 4.79 Å². The lowest BCUT2D eigenvalue weighted by Gasteiger charge is -2.00. The van der Waals surface area contributed by atoms with Gasteiger partial charge in [-0.1, -0.05) is 4.49 Å². The molecule has 2 aromatic rings. The van der Waals surface area contributed by atoms with E-state index in [1.54, 1.807) is 20.8 Å². The van der Waals surface area contributed by atoms with Crippen molar-refractivity contribution in [2.45, 2.75) is 20.8 Å². The first-order chi connectivity index (χ1) is 10.5. The lowest BCUT2D eigenvalue weighted by Crippen LogP contribution is -2.11. The number of aryl methyl sites for hydroxylation is 1. The third-order valence-electron chi connectivity index (χ3n) is 2.80. The van der Waals surface area contributed by atoms with E-state index in [0.29, 0.717) is 26.0 Å². The number of nitriles is 1. The van der Waals surface area contributed by atoms with Gasteiger partial charge < -0.3 is 10.1 Å². The molecular formula is C13H12N4O3S2. The van der Waals surface area contributed by atoms with Gasteiger partial charge in [0.1, 0.15) is 20.8 Å². The third kappa shape index (κ3) is 2.98. The van der Waals surface area contributed by atoms with Crippen LogP contribution in [0.5, 0.6) is 0 Å². The van der Waals surface area contributed by atoms with Crippen LogP contribution in [-0.4, -0.2) is 28.1 Å². The zero-order chi connectivity index (χ0) is 16.3. The summed E-state index contributed by atoms with van der Waals surface area (Å²) < 4.78 is 8.65. The summed E-state index contributed by atoms with van der Waals surface area (Å²) in [6, 6.07) is 2.01. The number of rotatable bonds is 4. The van der Waals surface area contributed by atoms with Crippen molar-refractivity contribution in [3.63, 3.8) is 0 Å². The smallest absolute Gasteiger partial charge is 0.348 e. The molecule has 0 saturated carbocycles. The van der Waals surface area contributed by atoms with Gasteiger partial charge in [0.2, 0.25) is 0 Å². The largest absolute Gasteiger partial charge is 0.462 e. The summed E-state index contributed by atoms with van der Waals surface area (Å²) in [4.78, 5) is 24.7. The van der Waals surface area contributed by atoms with E-state index in [1.165, 1.54) is 0 Å². The zero-order valence-electron chi connectivity index (χ0n) is 12.1. The van der Waals surface area contributed by atoms with Crippen molar-refractivity contribution in [3.8, 4) is 6.07 Å². The molecule has 0 bridgehead atoms. The second-order valence-electron chi connectivity index (χ2n) is 4.23. The number of esters is 1. The lowest BCUT2D eigenvalue weighted by atomic mass is 10.2. The Morgan fingerprint density at radius 3 is 2.64 bits per heavy atom. The van der Waals surface area contributed by atoms with E-state index in [9.17, 15) is 14.9 Å². The molecule has 0 radical (unpaired) electrons. The fourth-order valence-corrected chi connectivity index (χ4v) is 3.32. The average Bonchev–Trinajstić information content (AvgIpc) is 3.03. The van der Waals surface area contributed by atoms with E-state index in [0.717, 1.165) is 22.9 Å². The molecule has 1 N–H and O–H groups in total. The molecule has 0 fully saturated rings. The quantitative estimate of drug-likeness (QED) is 0.860. The Morgan fingerprint density at radius 1 is 1.36 bits per heavy atom. The van der Waals surface area contributed by atoms with Crippen molar-refractivity contribution in [1.82, 2.24) is 9.59 Å². The molecule has 0 spiro atoms. The molecule has 7 nitrogen and oxygen atoms in total. The molecule has 0 saturated heterocycles. The number of thiophene rings is 1. The fraction of sp³-hybridized carbons (Fsp3) is 0.308. The fourth-order valence-electron chi connectivity index (χ4n) is 1.73. The summed E-state index contributed by atoms with van der Waals surface area (Å²) in [6.45, 7) is 5.27. The normalized spacial score (nSPS) is 10.1. The number of amides is 1. The zero-order valence-corrected chi connectivity index (χ0v) is 13.7. The summed E-state index contributed by atoms with van der Waals surface area (Å²) in [5.41, 5.74) is 1.27. The Hall–Kier alpha value is -2.31. The summed E-state index contributed by atoms with van der Waals surface area (Å²) in [5, 5.41) is 16.0.